The van der Waals surface area contributed by atoms with E-state index < -0.39 is 5.97 Å². The van der Waals surface area contributed by atoms with Gasteiger partial charge < -0.3 is 9.67 Å². The van der Waals surface area contributed by atoms with E-state index in [0.717, 1.165) is 10.9 Å². The number of hydrogen-bond acceptors (Lipinski definition) is 1. The number of aromatic carboxylic acids is 1. The van der Waals surface area contributed by atoms with Gasteiger partial charge in [0.15, 0.2) is 0 Å². The zero-order chi connectivity index (χ0) is 10.3. The van der Waals surface area contributed by atoms with Crippen molar-refractivity contribution in [3.05, 3.63) is 35.5 Å². The van der Waals surface area contributed by atoms with E-state index in [1.807, 2.05) is 30.8 Å². The minimum atomic E-state index is -0.884. The average molecular weight is 189 g/mol. The lowest BCUT2D eigenvalue weighted by Crippen LogP contribution is -1.96. The predicted molar refractivity (Wildman–Crippen MR) is 54.6 cm³/mol. The van der Waals surface area contributed by atoms with E-state index in [1.165, 1.54) is 5.56 Å². The molecule has 0 aliphatic rings. The number of rotatable bonds is 1. The van der Waals surface area contributed by atoms with E-state index in [2.05, 4.69) is 0 Å². The lowest BCUT2D eigenvalue weighted by molar-refractivity contribution is 0.0697. The Morgan fingerprint density at radius 2 is 2.14 bits per heavy atom. The van der Waals surface area contributed by atoms with E-state index in [-0.39, 0.29) is 0 Å². The second kappa shape index (κ2) is 2.87. The topological polar surface area (TPSA) is 42.2 Å². The number of benzene rings is 1. The van der Waals surface area contributed by atoms with Gasteiger partial charge in [0.25, 0.3) is 0 Å². The summed E-state index contributed by atoms with van der Waals surface area (Å²) in [5, 5.41) is 9.94. The highest BCUT2D eigenvalue weighted by Crippen LogP contribution is 2.20. The van der Waals surface area contributed by atoms with Crippen LogP contribution in [0.2, 0.25) is 0 Å². The smallest absolute Gasteiger partial charge is 0.335 e. The summed E-state index contributed by atoms with van der Waals surface area (Å²) in [5.41, 5.74) is 2.46. The van der Waals surface area contributed by atoms with Crippen molar-refractivity contribution in [1.82, 2.24) is 4.57 Å². The highest BCUT2D eigenvalue weighted by Gasteiger charge is 2.07. The fourth-order valence-corrected chi connectivity index (χ4v) is 1.72. The molecule has 0 unspecified atom stereocenters. The van der Waals surface area contributed by atoms with E-state index >= 15 is 0 Å². The molecule has 0 saturated heterocycles. The molecule has 0 fully saturated rings. The number of carboxylic acid groups (broad SMARTS) is 1. The quantitative estimate of drug-likeness (QED) is 0.747. The van der Waals surface area contributed by atoms with Crippen LogP contribution in [0.25, 0.3) is 10.9 Å². The maximum absolute atomic E-state index is 10.8. The molecule has 1 heterocycles. The molecule has 0 spiro atoms. The monoisotopic (exact) mass is 189 g/mol. The highest BCUT2D eigenvalue weighted by molar-refractivity contribution is 5.94. The Labute approximate surface area is 81.6 Å². The molecule has 1 aromatic carbocycles. The Balaban J connectivity index is 2.77. The molecule has 0 bridgehead atoms. The third-order valence-corrected chi connectivity index (χ3v) is 2.44. The van der Waals surface area contributed by atoms with Crippen LogP contribution in [0.3, 0.4) is 0 Å². The van der Waals surface area contributed by atoms with Crippen LogP contribution in [-0.4, -0.2) is 15.6 Å². The van der Waals surface area contributed by atoms with Crippen LogP contribution in [0, 0.1) is 6.92 Å². The van der Waals surface area contributed by atoms with Gasteiger partial charge in [-0.1, -0.05) is 6.07 Å². The number of hydrogen-bond donors (Lipinski definition) is 1. The van der Waals surface area contributed by atoms with E-state index in [1.54, 1.807) is 12.1 Å². The fourth-order valence-electron chi connectivity index (χ4n) is 1.72. The lowest BCUT2D eigenvalue weighted by atomic mass is 10.1. The van der Waals surface area contributed by atoms with Crippen molar-refractivity contribution in [1.29, 1.82) is 0 Å². The van der Waals surface area contributed by atoms with Gasteiger partial charge in [0.05, 0.1) is 5.56 Å². The average Bonchev–Trinajstić information content (AvgIpc) is 2.42. The van der Waals surface area contributed by atoms with Crippen molar-refractivity contribution in [2.24, 2.45) is 7.05 Å². The van der Waals surface area contributed by atoms with Crippen LogP contribution in [0.4, 0.5) is 0 Å². The fraction of sp³-hybridized carbons (Fsp3) is 0.182. The predicted octanol–water partition coefficient (Wildman–Crippen LogP) is 2.18. The minimum absolute atomic E-state index is 0.332. The SMILES string of the molecule is Cc1cn(C)c2cc(C(=O)O)ccc12. The molecule has 3 heteroatoms. The molecule has 0 radical (unpaired) electrons. The summed E-state index contributed by atoms with van der Waals surface area (Å²) in [7, 11) is 1.92. The van der Waals surface area contributed by atoms with E-state index in [9.17, 15) is 4.79 Å². The van der Waals surface area contributed by atoms with Crippen LogP contribution in [0.1, 0.15) is 15.9 Å². The van der Waals surface area contributed by atoms with Gasteiger partial charge in [-0.25, -0.2) is 4.79 Å². The second-order valence-corrected chi connectivity index (χ2v) is 3.46. The molecule has 2 aromatic rings. The van der Waals surface area contributed by atoms with E-state index in [4.69, 9.17) is 5.11 Å². The standard InChI is InChI=1S/C11H11NO2/c1-7-6-12(2)10-5-8(11(13)14)3-4-9(7)10/h3-6H,1-2H3,(H,13,14). The molecule has 2 rings (SSSR count). The van der Waals surface area contributed by atoms with Crippen molar-refractivity contribution >= 4 is 16.9 Å². The third-order valence-electron chi connectivity index (χ3n) is 2.44. The maximum atomic E-state index is 10.8. The summed E-state index contributed by atoms with van der Waals surface area (Å²) in [4.78, 5) is 10.8. The molecule has 0 aliphatic carbocycles. The summed E-state index contributed by atoms with van der Waals surface area (Å²) < 4.78 is 1.94. The van der Waals surface area contributed by atoms with Gasteiger partial charge in [-0.15, -0.1) is 0 Å². The Hall–Kier alpha value is -1.77. The minimum Gasteiger partial charge on any atom is -0.478 e. The van der Waals surface area contributed by atoms with Gasteiger partial charge >= 0.3 is 5.97 Å². The van der Waals surface area contributed by atoms with Crippen molar-refractivity contribution in [3.63, 3.8) is 0 Å². The van der Waals surface area contributed by atoms with Crippen LogP contribution < -0.4 is 0 Å². The van der Waals surface area contributed by atoms with Crippen molar-refractivity contribution in [2.45, 2.75) is 6.92 Å². The molecule has 14 heavy (non-hydrogen) atoms. The van der Waals surface area contributed by atoms with Gasteiger partial charge in [0.2, 0.25) is 0 Å². The second-order valence-electron chi connectivity index (χ2n) is 3.46. The lowest BCUT2D eigenvalue weighted by Gasteiger charge is -1.98. The molecule has 72 valence electrons. The van der Waals surface area contributed by atoms with Gasteiger partial charge in [-0.05, 0) is 24.6 Å². The molecule has 0 atom stereocenters. The number of fused-ring (bicyclic) bond motifs is 1. The van der Waals surface area contributed by atoms with Crippen molar-refractivity contribution < 1.29 is 9.90 Å². The van der Waals surface area contributed by atoms with Crippen LogP contribution >= 0.6 is 0 Å². The summed E-state index contributed by atoms with van der Waals surface area (Å²) >= 11 is 0. The Morgan fingerprint density at radius 1 is 1.43 bits per heavy atom. The Bertz CT molecular complexity index is 511. The first-order chi connectivity index (χ1) is 6.59. The molecule has 0 saturated carbocycles. The van der Waals surface area contributed by atoms with Crippen molar-refractivity contribution in [3.8, 4) is 0 Å². The molecule has 3 nitrogen and oxygen atoms in total. The molecule has 0 aliphatic heterocycles. The van der Waals surface area contributed by atoms with Gasteiger partial charge in [-0.2, -0.15) is 0 Å². The molecular weight excluding hydrogens is 178 g/mol. The number of carbonyl (C=O) groups is 1. The van der Waals surface area contributed by atoms with Crippen LogP contribution in [0.15, 0.2) is 24.4 Å². The zero-order valence-electron chi connectivity index (χ0n) is 8.11. The first-order valence-electron chi connectivity index (χ1n) is 4.38. The third kappa shape index (κ3) is 1.18. The normalized spacial score (nSPS) is 10.7. The zero-order valence-corrected chi connectivity index (χ0v) is 8.11. The Morgan fingerprint density at radius 3 is 2.79 bits per heavy atom. The first-order valence-corrected chi connectivity index (χ1v) is 4.38. The first kappa shape index (κ1) is 8.81. The van der Waals surface area contributed by atoms with Crippen molar-refractivity contribution in [2.75, 3.05) is 0 Å². The number of aromatic nitrogens is 1. The molecule has 1 N–H and O–H groups in total. The van der Waals surface area contributed by atoms with E-state index in [0.29, 0.717) is 5.56 Å². The Kier molecular flexibility index (Phi) is 1.81. The summed E-state index contributed by atoms with van der Waals surface area (Å²) in [6.45, 7) is 2.02. The van der Waals surface area contributed by atoms with Gasteiger partial charge in [-0.3, -0.25) is 0 Å². The summed E-state index contributed by atoms with van der Waals surface area (Å²) in [6.07, 6.45) is 2.00. The summed E-state index contributed by atoms with van der Waals surface area (Å²) in [6, 6.07) is 5.19. The van der Waals surface area contributed by atoms with Gasteiger partial charge in [0.1, 0.15) is 0 Å². The highest BCUT2D eigenvalue weighted by atomic mass is 16.4. The van der Waals surface area contributed by atoms with Crippen LogP contribution in [-0.2, 0) is 7.05 Å². The molecular formula is C11H11NO2. The molecule has 0 amide bonds. The number of aryl methyl sites for hydroxylation is 2. The number of nitrogens with zero attached hydrogens (tertiary/aromatic N) is 1. The number of carboxylic acids is 1. The van der Waals surface area contributed by atoms with Crippen LogP contribution in [0.5, 0.6) is 0 Å². The van der Waals surface area contributed by atoms with Gasteiger partial charge in [0, 0.05) is 24.1 Å². The molecule has 1 aromatic heterocycles. The largest absolute Gasteiger partial charge is 0.478 e. The maximum Gasteiger partial charge on any atom is 0.335 e. The summed E-state index contributed by atoms with van der Waals surface area (Å²) in [5.74, 6) is -0.884.